The summed E-state index contributed by atoms with van der Waals surface area (Å²) >= 11 is 0. The molecule has 0 saturated carbocycles. The molecule has 0 fully saturated rings. The van der Waals surface area contributed by atoms with Crippen LogP contribution in [-0.2, 0) is 29.5 Å². The van der Waals surface area contributed by atoms with Crippen LogP contribution in [0.4, 0.5) is 13.2 Å². The highest BCUT2D eigenvalue weighted by atomic mass is 19.4. The van der Waals surface area contributed by atoms with E-state index < -0.39 is 12.1 Å². The molecule has 1 atom stereocenters. The number of carbonyl (C=O) groups is 2. The lowest BCUT2D eigenvalue weighted by Gasteiger charge is -2.35. The molecule has 3 heterocycles. The molecule has 4 rings (SSSR count). The summed E-state index contributed by atoms with van der Waals surface area (Å²) in [6, 6.07) is 9.74. The first-order chi connectivity index (χ1) is 15.6. The normalized spacial score (nSPS) is 15.5. The second-order valence-corrected chi connectivity index (χ2v) is 7.42. The van der Waals surface area contributed by atoms with Crippen molar-refractivity contribution in [3.05, 3.63) is 59.8 Å². The summed E-state index contributed by atoms with van der Waals surface area (Å²) in [6.45, 7) is 3.62. The quantitative estimate of drug-likeness (QED) is 0.637. The van der Waals surface area contributed by atoms with E-state index in [1.165, 1.54) is 5.69 Å². The highest BCUT2D eigenvalue weighted by Crippen LogP contribution is 2.25. The van der Waals surface area contributed by atoms with Gasteiger partial charge in [-0.2, -0.15) is 13.2 Å². The molecular weight excluding hydrogens is 441 g/mol. The van der Waals surface area contributed by atoms with Gasteiger partial charge in [0, 0.05) is 37.4 Å². The van der Waals surface area contributed by atoms with Crippen LogP contribution in [0.25, 0.3) is 10.9 Å². The maximum atomic E-state index is 13.2. The number of imidazole rings is 1. The van der Waals surface area contributed by atoms with Crippen molar-refractivity contribution < 1.29 is 32.6 Å². The molecule has 3 aromatic rings. The maximum absolute atomic E-state index is 13.2. The number of hydrogen-bond acceptors (Lipinski definition) is 5. The third-order valence-corrected chi connectivity index (χ3v) is 5.19. The number of carbonyl (C=O) groups excluding carboxylic acids is 1. The van der Waals surface area contributed by atoms with Crippen LogP contribution in [0.15, 0.2) is 42.9 Å². The van der Waals surface area contributed by atoms with E-state index in [0.717, 1.165) is 23.0 Å². The minimum Gasteiger partial charge on any atom is -0.475 e. The number of benzene rings is 1. The van der Waals surface area contributed by atoms with Crippen LogP contribution in [0.2, 0.25) is 0 Å². The van der Waals surface area contributed by atoms with E-state index in [-0.39, 0.29) is 11.9 Å². The zero-order valence-electron chi connectivity index (χ0n) is 18.0. The number of aliphatic carboxylic acids is 1. The van der Waals surface area contributed by atoms with E-state index in [9.17, 15) is 18.0 Å². The lowest BCUT2D eigenvalue weighted by atomic mass is 10.0. The second kappa shape index (κ2) is 9.99. The Kier molecular flexibility index (Phi) is 7.32. The average Bonchev–Trinajstić information content (AvgIpc) is 3.15. The van der Waals surface area contributed by atoms with Gasteiger partial charge in [0.15, 0.2) is 0 Å². The summed E-state index contributed by atoms with van der Waals surface area (Å²) < 4.78 is 39.4. The number of halogens is 3. The predicted octanol–water partition coefficient (Wildman–Crippen LogP) is 3.21. The minimum absolute atomic E-state index is 0.00294. The number of nitrogens with zero attached hydrogens (tertiary/aromatic N) is 4. The summed E-state index contributed by atoms with van der Waals surface area (Å²) in [6.07, 6.45) is -0.858. The van der Waals surface area contributed by atoms with E-state index in [2.05, 4.69) is 9.97 Å². The van der Waals surface area contributed by atoms with Gasteiger partial charge in [0.05, 0.1) is 42.3 Å². The molecule has 0 saturated heterocycles. The fraction of sp³-hybridized carbons (Fsp3) is 0.364. The van der Waals surface area contributed by atoms with E-state index in [4.69, 9.17) is 14.6 Å². The monoisotopic (exact) mass is 464 g/mol. The Morgan fingerprint density at radius 1 is 1.24 bits per heavy atom. The first kappa shape index (κ1) is 24.2. The number of fused-ring (bicyclic) bond motifs is 2. The smallest absolute Gasteiger partial charge is 0.475 e. The van der Waals surface area contributed by atoms with Gasteiger partial charge in [-0.25, -0.2) is 9.78 Å². The third kappa shape index (κ3) is 5.67. The van der Waals surface area contributed by atoms with Crippen LogP contribution in [-0.4, -0.2) is 61.8 Å². The largest absolute Gasteiger partial charge is 0.490 e. The third-order valence-electron chi connectivity index (χ3n) is 5.19. The number of amides is 1. The van der Waals surface area contributed by atoms with Gasteiger partial charge in [-0.1, -0.05) is 18.2 Å². The topological polar surface area (TPSA) is 97.5 Å². The molecule has 8 nitrogen and oxygen atoms in total. The number of carboxylic acids is 1. The van der Waals surface area contributed by atoms with Gasteiger partial charge in [-0.15, -0.1) is 0 Å². The highest BCUT2D eigenvalue weighted by Gasteiger charge is 2.38. The molecule has 33 heavy (non-hydrogen) atoms. The lowest BCUT2D eigenvalue weighted by Crippen LogP contribution is -2.47. The number of pyridine rings is 1. The van der Waals surface area contributed by atoms with Gasteiger partial charge < -0.3 is 19.3 Å². The van der Waals surface area contributed by atoms with Crippen molar-refractivity contribution in [2.24, 2.45) is 7.05 Å². The number of hydrogen-bond donors (Lipinski definition) is 1. The first-order valence-electron chi connectivity index (χ1n) is 10.1. The highest BCUT2D eigenvalue weighted by molar-refractivity contribution is 5.97. The molecule has 1 amide bonds. The first-order valence-corrected chi connectivity index (χ1v) is 10.1. The molecule has 1 unspecified atom stereocenters. The van der Waals surface area contributed by atoms with Crippen LogP contribution in [0.1, 0.15) is 28.7 Å². The Morgan fingerprint density at radius 2 is 1.94 bits per heavy atom. The predicted molar refractivity (Wildman–Crippen MR) is 113 cm³/mol. The van der Waals surface area contributed by atoms with Gasteiger partial charge in [-0.3, -0.25) is 9.78 Å². The fourth-order valence-corrected chi connectivity index (χ4v) is 3.52. The Morgan fingerprint density at radius 3 is 2.61 bits per heavy atom. The standard InChI is InChI=1S/C20H22N4O2.C2HF3O2/c1-3-26-12-16-9-19-18(22-13-23(19)2)11-24(16)20(25)15-8-14-6-4-5-7-17(14)21-10-15;3-2(4,5)1(6)7/h4-8,10,13,16H,3,9,11-12H2,1-2H3;(H,6,7). The summed E-state index contributed by atoms with van der Waals surface area (Å²) in [7, 11) is 1.99. The number of rotatable bonds is 4. The molecule has 1 N–H and O–H groups in total. The zero-order chi connectivity index (χ0) is 24.2. The minimum atomic E-state index is -5.08. The van der Waals surface area contributed by atoms with Crippen molar-refractivity contribution in [1.29, 1.82) is 0 Å². The van der Waals surface area contributed by atoms with Crippen molar-refractivity contribution in [3.63, 3.8) is 0 Å². The molecule has 0 spiro atoms. The molecule has 11 heteroatoms. The number of alkyl halides is 3. The number of aryl methyl sites for hydroxylation is 1. The Balaban J connectivity index is 0.000000383. The van der Waals surface area contributed by atoms with E-state index in [1.807, 2.05) is 60.1 Å². The maximum Gasteiger partial charge on any atom is 0.490 e. The fourth-order valence-electron chi connectivity index (χ4n) is 3.52. The van der Waals surface area contributed by atoms with E-state index >= 15 is 0 Å². The molecule has 1 aliphatic heterocycles. The SMILES string of the molecule is CCOCC1Cc2c(ncn2C)CN1C(=O)c1cnc2ccccc2c1.O=C(O)C(F)(F)F. The number of carboxylic acid groups (broad SMARTS) is 1. The Bertz CT molecular complexity index is 1150. The van der Waals surface area contributed by atoms with Crippen LogP contribution in [0, 0.1) is 0 Å². The van der Waals surface area contributed by atoms with Crippen molar-refractivity contribution >= 4 is 22.8 Å². The summed E-state index contributed by atoms with van der Waals surface area (Å²) in [5.74, 6) is -2.78. The van der Waals surface area contributed by atoms with Gasteiger partial charge >= 0.3 is 12.1 Å². The van der Waals surface area contributed by atoms with Gasteiger partial charge in [-0.05, 0) is 19.1 Å². The number of para-hydroxylation sites is 1. The number of ether oxygens (including phenoxy) is 1. The molecule has 2 aromatic heterocycles. The van der Waals surface area contributed by atoms with Gasteiger partial charge in [0.25, 0.3) is 5.91 Å². The molecule has 0 aliphatic carbocycles. The lowest BCUT2D eigenvalue weighted by molar-refractivity contribution is -0.192. The Labute approximate surface area is 187 Å². The van der Waals surface area contributed by atoms with Crippen molar-refractivity contribution in [1.82, 2.24) is 19.4 Å². The van der Waals surface area contributed by atoms with Crippen LogP contribution in [0.3, 0.4) is 0 Å². The molecule has 1 aliphatic rings. The van der Waals surface area contributed by atoms with Crippen molar-refractivity contribution in [2.75, 3.05) is 13.2 Å². The molecule has 0 radical (unpaired) electrons. The zero-order valence-corrected chi connectivity index (χ0v) is 18.0. The van der Waals surface area contributed by atoms with E-state index in [1.54, 1.807) is 6.20 Å². The molecule has 176 valence electrons. The van der Waals surface area contributed by atoms with Crippen LogP contribution < -0.4 is 0 Å². The van der Waals surface area contributed by atoms with Crippen molar-refractivity contribution in [2.45, 2.75) is 32.1 Å². The van der Waals surface area contributed by atoms with Crippen molar-refractivity contribution in [3.8, 4) is 0 Å². The summed E-state index contributed by atoms with van der Waals surface area (Å²) in [5.41, 5.74) is 3.63. The van der Waals surface area contributed by atoms with Gasteiger partial charge in [0.2, 0.25) is 0 Å². The molecular formula is C22H23F3N4O4. The van der Waals surface area contributed by atoms with Crippen LogP contribution in [0.5, 0.6) is 0 Å². The summed E-state index contributed by atoms with van der Waals surface area (Å²) in [4.78, 5) is 32.9. The molecule has 1 aromatic carbocycles. The number of aromatic nitrogens is 3. The summed E-state index contributed by atoms with van der Waals surface area (Å²) in [5, 5.41) is 8.09. The van der Waals surface area contributed by atoms with E-state index in [0.29, 0.717) is 25.3 Å². The van der Waals surface area contributed by atoms with Crippen LogP contribution >= 0.6 is 0 Å². The van der Waals surface area contributed by atoms with Gasteiger partial charge in [0.1, 0.15) is 0 Å². The molecule has 0 bridgehead atoms. The second-order valence-electron chi connectivity index (χ2n) is 7.42. The average molecular weight is 464 g/mol. The Hall–Kier alpha value is -3.47.